The van der Waals surface area contributed by atoms with E-state index in [9.17, 15) is 14.9 Å². The summed E-state index contributed by atoms with van der Waals surface area (Å²) in [5.74, 6) is 5.42. The number of piperidine rings is 1. The summed E-state index contributed by atoms with van der Waals surface area (Å²) in [7, 11) is 1.69. The highest BCUT2D eigenvalue weighted by atomic mass is 16.6. The quantitative estimate of drug-likeness (QED) is 0.388. The first-order chi connectivity index (χ1) is 9.51. The second-order valence-corrected chi connectivity index (χ2v) is 4.48. The third-order valence-electron chi connectivity index (χ3n) is 3.06. The second-order valence-electron chi connectivity index (χ2n) is 4.48. The van der Waals surface area contributed by atoms with E-state index >= 15 is 0 Å². The Bertz CT molecular complexity index is 536. The molecule has 1 amide bonds. The normalized spacial score (nSPS) is 18.8. The number of hydrogen-bond donors (Lipinski definition) is 3. The molecule has 1 saturated heterocycles. The maximum atomic E-state index is 11.4. The van der Waals surface area contributed by atoms with Crippen molar-refractivity contribution in [1.29, 1.82) is 0 Å². The van der Waals surface area contributed by atoms with Gasteiger partial charge in [-0.15, -0.1) is 0 Å². The molecule has 1 aliphatic rings. The Morgan fingerprint density at radius 2 is 2.35 bits per heavy atom. The highest BCUT2D eigenvalue weighted by Gasteiger charge is 2.26. The number of nitrogens with one attached hydrogen (secondary N) is 2. The fourth-order valence-electron chi connectivity index (χ4n) is 2.01. The molecule has 1 fully saturated rings. The van der Waals surface area contributed by atoms with Crippen LogP contribution in [0, 0.1) is 10.1 Å². The number of nitrogen functional groups attached to an aromatic ring is 1. The summed E-state index contributed by atoms with van der Waals surface area (Å²) in [5.41, 5.74) is 2.00. The van der Waals surface area contributed by atoms with E-state index in [1.807, 2.05) is 0 Å². The summed E-state index contributed by atoms with van der Waals surface area (Å²) in [6.45, 7) is 0.464. The van der Waals surface area contributed by atoms with E-state index in [1.54, 1.807) is 11.9 Å². The van der Waals surface area contributed by atoms with Crippen LogP contribution in [0.15, 0.2) is 6.20 Å². The predicted molar refractivity (Wildman–Crippen MR) is 70.8 cm³/mol. The monoisotopic (exact) mass is 281 g/mol. The van der Waals surface area contributed by atoms with Crippen molar-refractivity contribution in [2.24, 2.45) is 5.84 Å². The van der Waals surface area contributed by atoms with Crippen molar-refractivity contribution >= 4 is 23.4 Å². The maximum absolute atomic E-state index is 11.4. The van der Waals surface area contributed by atoms with Gasteiger partial charge in [-0.1, -0.05) is 0 Å². The molecule has 2 heterocycles. The number of hydrazine groups is 1. The molecule has 0 saturated carbocycles. The van der Waals surface area contributed by atoms with Crippen molar-refractivity contribution < 1.29 is 9.72 Å². The van der Waals surface area contributed by atoms with Crippen LogP contribution in [0.1, 0.15) is 12.8 Å². The number of anilines is 2. The molecule has 1 aromatic rings. The highest BCUT2D eigenvalue weighted by Crippen LogP contribution is 2.24. The van der Waals surface area contributed by atoms with Gasteiger partial charge >= 0.3 is 5.69 Å². The van der Waals surface area contributed by atoms with Crippen molar-refractivity contribution in [2.45, 2.75) is 18.9 Å². The van der Waals surface area contributed by atoms with Gasteiger partial charge in [-0.05, 0) is 6.42 Å². The van der Waals surface area contributed by atoms with Crippen LogP contribution in [0.5, 0.6) is 0 Å². The van der Waals surface area contributed by atoms with E-state index in [2.05, 4.69) is 20.7 Å². The van der Waals surface area contributed by atoms with Crippen LogP contribution in [-0.4, -0.2) is 45.3 Å². The molecule has 0 radical (unpaired) electrons. The van der Waals surface area contributed by atoms with Gasteiger partial charge in [0, 0.05) is 26.1 Å². The lowest BCUT2D eigenvalue weighted by atomic mass is 10.1. The molecular formula is C10H15N7O3. The molecule has 1 aliphatic heterocycles. The average Bonchev–Trinajstić information content (AvgIpc) is 2.42. The predicted octanol–water partition coefficient (Wildman–Crippen LogP) is -0.297. The summed E-state index contributed by atoms with van der Waals surface area (Å²) in [6.07, 6.45) is 2.08. The lowest BCUT2D eigenvalue weighted by Crippen LogP contribution is -2.43. The van der Waals surface area contributed by atoms with E-state index in [0.29, 0.717) is 19.4 Å². The Balaban J connectivity index is 2.19. The van der Waals surface area contributed by atoms with Crippen LogP contribution in [0.25, 0.3) is 0 Å². The van der Waals surface area contributed by atoms with Crippen LogP contribution in [0.4, 0.5) is 17.5 Å². The van der Waals surface area contributed by atoms with Crippen LogP contribution < -0.4 is 16.6 Å². The topological polar surface area (TPSA) is 139 Å². The summed E-state index contributed by atoms with van der Waals surface area (Å²) in [5, 5.41) is 13.9. The van der Waals surface area contributed by atoms with Gasteiger partial charge < -0.3 is 10.2 Å². The molecule has 0 aliphatic carbocycles. The third kappa shape index (κ3) is 2.91. The fourth-order valence-corrected chi connectivity index (χ4v) is 2.01. The van der Waals surface area contributed by atoms with Gasteiger partial charge in [-0.25, -0.2) is 10.8 Å². The van der Waals surface area contributed by atoms with Gasteiger partial charge in [-0.2, -0.15) is 4.98 Å². The number of rotatable bonds is 4. The first-order valence-electron chi connectivity index (χ1n) is 6.00. The van der Waals surface area contributed by atoms with Gasteiger partial charge in [0.1, 0.15) is 6.20 Å². The molecule has 20 heavy (non-hydrogen) atoms. The van der Waals surface area contributed by atoms with Crippen LogP contribution in [0.2, 0.25) is 0 Å². The van der Waals surface area contributed by atoms with Gasteiger partial charge in [0.25, 0.3) is 0 Å². The Kier molecular flexibility index (Phi) is 3.94. The number of nitrogens with two attached hydrogens (primary N) is 1. The van der Waals surface area contributed by atoms with E-state index in [1.165, 1.54) is 0 Å². The largest absolute Gasteiger partial charge is 0.360 e. The highest BCUT2D eigenvalue weighted by molar-refractivity contribution is 5.77. The van der Waals surface area contributed by atoms with Crippen molar-refractivity contribution in [3.63, 3.8) is 0 Å². The zero-order valence-corrected chi connectivity index (χ0v) is 10.9. The fraction of sp³-hybridized carbons (Fsp3) is 0.500. The molecule has 0 spiro atoms. The molecule has 10 heteroatoms. The first-order valence-corrected chi connectivity index (χ1v) is 6.00. The minimum absolute atomic E-state index is 0.0598. The maximum Gasteiger partial charge on any atom is 0.329 e. The molecule has 10 nitrogen and oxygen atoms in total. The number of aromatic nitrogens is 2. The zero-order chi connectivity index (χ0) is 14.7. The van der Waals surface area contributed by atoms with Gasteiger partial charge in [0.15, 0.2) is 0 Å². The number of amides is 1. The Hall–Kier alpha value is -2.49. The van der Waals surface area contributed by atoms with E-state index in [0.717, 1.165) is 6.20 Å². The lowest BCUT2D eigenvalue weighted by Gasteiger charge is -2.30. The van der Waals surface area contributed by atoms with Crippen LogP contribution >= 0.6 is 0 Å². The molecular weight excluding hydrogens is 266 g/mol. The molecule has 1 atom stereocenters. The summed E-state index contributed by atoms with van der Waals surface area (Å²) >= 11 is 0. The molecule has 1 unspecified atom stereocenters. The number of carbonyl (C=O) groups excluding carboxylic acids is 1. The SMILES string of the molecule is CN1CC(Nc2nc(NN)ncc2[N+](=O)[O-])CCC1=O. The van der Waals surface area contributed by atoms with Gasteiger partial charge in [0.05, 0.1) is 4.92 Å². The number of likely N-dealkylation sites (tertiary alicyclic amines) is 1. The van der Waals surface area contributed by atoms with E-state index in [-0.39, 0.29) is 29.4 Å². The Morgan fingerprint density at radius 1 is 1.60 bits per heavy atom. The molecule has 4 N–H and O–H groups in total. The number of carbonyl (C=O) groups is 1. The van der Waals surface area contributed by atoms with Gasteiger partial charge in [0.2, 0.25) is 17.7 Å². The molecule has 0 bridgehead atoms. The molecule has 2 rings (SSSR count). The zero-order valence-electron chi connectivity index (χ0n) is 10.9. The number of hydrogen-bond acceptors (Lipinski definition) is 8. The number of nitrogens with zero attached hydrogens (tertiary/aromatic N) is 4. The van der Waals surface area contributed by atoms with Crippen molar-refractivity contribution in [3.05, 3.63) is 16.3 Å². The van der Waals surface area contributed by atoms with E-state index in [4.69, 9.17) is 5.84 Å². The minimum atomic E-state index is -0.569. The van der Waals surface area contributed by atoms with Crippen molar-refractivity contribution in [1.82, 2.24) is 14.9 Å². The van der Waals surface area contributed by atoms with Crippen LogP contribution in [-0.2, 0) is 4.79 Å². The molecule has 0 aromatic carbocycles. The molecule has 108 valence electrons. The number of nitro groups is 1. The van der Waals surface area contributed by atoms with E-state index < -0.39 is 4.92 Å². The summed E-state index contributed by atoms with van der Waals surface area (Å²) in [6, 6.07) is -0.100. The lowest BCUT2D eigenvalue weighted by molar-refractivity contribution is -0.384. The summed E-state index contributed by atoms with van der Waals surface area (Å²) < 4.78 is 0. The Labute approximate surface area is 114 Å². The van der Waals surface area contributed by atoms with Crippen molar-refractivity contribution in [3.8, 4) is 0 Å². The average molecular weight is 281 g/mol. The summed E-state index contributed by atoms with van der Waals surface area (Å²) in [4.78, 5) is 31.0. The molecule has 1 aromatic heterocycles. The van der Waals surface area contributed by atoms with Crippen LogP contribution in [0.3, 0.4) is 0 Å². The standard InChI is InChI=1S/C10H15N7O3/c1-16-5-6(2-3-8(16)18)13-9-7(17(19)20)4-12-10(14-9)15-11/h4,6H,2-3,5,11H2,1H3,(H2,12,13,14,15). The minimum Gasteiger partial charge on any atom is -0.360 e. The van der Waals surface area contributed by atoms with Gasteiger partial charge in [-0.3, -0.25) is 20.3 Å². The van der Waals surface area contributed by atoms with Crippen molar-refractivity contribution in [2.75, 3.05) is 24.3 Å². The number of likely N-dealkylation sites (N-methyl/N-ethyl adjacent to an activating group) is 1. The Morgan fingerprint density at radius 3 is 2.95 bits per heavy atom. The smallest absolute Gasteiger partial charge is 0.329 e. The second kappa shape index (κ2) is 5.65. The first kappa shape index (κ1) is 13.9. The third-order valence-corrected chi connectivity index (χ3v) is 3.06.